The Hall–Kier alpha value is -1.59. The number of anilines is 1. The summed E-state index contributed by atoms with van der Waals surface area (Å²) in [5.74, 6) is -0.0577. The molecule has 84 valence electrons. The standard InChI is InChI=1S/C9H15N3O3/c1-5(2)8-11-9(15-12-8)10-6(3)4-7(13)14/h5-6H,4H2,1-3H3,(H,13,14)(H,10,11,12). The van der Waals surface area contributed by atoms with Gasteiger partial charge < -0.3 is 14.9 Å². The van der Waals surface area contributed by atoms with Gasteiger partial charge in [0.25, 0.3) is 0 Å². The summed E-state index contributed by atoms with van der Waals surface area (Å²) in [4.78, 5) is 14.5. The highest BCUT2D eigenvalue weighted by molar-refractivity contribution is 5.67. The van der Waals surface area contributed by atoms with E-state index in [1.54, 1.807) is 6.92 Å². The second-order valence-electron chi connectivity index (χ2n) is 3.76. The van der Waals surface area contributed by atoms with Crippen molar-refractivity contribution in [3.05, 3.63) is 5.82 Å². The quantitative estimate of drug-likeness (QED) is 0.769. The summed E-state index contributed by atoms with van der Waals surface area (Å²) < 4.78 is 4.91. The lowest BCUT2D eigenvalue weighted by molar-refractivity contribution is -0.137. The number of carboxylic acids is 1. The van der Waals surface area contributed by atoms with Crippen molar-refractivity contribution in [3.8, 4) is 0 Å². The summed E-state index contributed by atoms with van der Waals surface area (Å²) in [5, 5.41) is 15.1. The van der Waals surface area contributed by atoms with E-state index in [4.69, 9.17) is 9.63 Å². The Morgan fingerprint density at radius 1 is 1.53 bits per heavy atom. The number of nitrogens with zero attached hydrogens (tertiary/aromatic N) is 2. The van der Waals surface area contributed by atoms with E-state index in [1.165, 1.54) is 0 Å². The van der Waals surface area contributed by atoms with Crippen molar-refractivity contribution in [2.45, 2.75) is 39.2 Å². The van der Waals surface area contributed by atoms with Crippen LogP contribution < -0.4 is 5.32 Å². The van der Waals surface area contributed by atoms with Gasteiger partial charge in [-0.1, -0.05) is 19.0 Å². The molecule has 0 saturated carbocycles. The van der Waals surface area contributed by atoms with Crippen LogP contribution in [0.15, 0.2) is 4.52 Å². The largest absolute Gasteiger partial charge is 0.481 e. The van der Waals surface area contributed by atoms with Gasteiger partial charge in [-0.05, 0) is 6.92 Å². The first kappa shape index (κ1) is 11.5. The van der Waals surface area contributed by atoms with Gasteiger partial charge >= 0.3 is 12.0 Å². The molecule has 1 atom stereocenters. The average molecular weight is 213 g/mol. The van der Waals surface area contributed by atoms with Crippen LogP contribution in [0.5, 0.6) is 0 Å². The van der Waals surface area contributed by atoms with E-state index in [9.17, 15) is 4.79 Å². The topological polar surface area (TPSA) is 88.2 Å². The van der Waals surface area contributed by atoms with Gasteiger partial charge in [-0.3, -0.25) is 4.79 Å². The molecule has 15 heavy (non-hydrogen) atoms. The van der Waals surface area contributed by atoms with Crippen molar-refractivity contribution in [2.75, 3.05) is 5.32 Å². The number of aliphatic carboxylic acids is 1. The van der Waals surface area contributed by atoms with Crippen molar-refractivity contribution in [3.63, 3.8) is 0 Å². The molecule has 6 nitrogen and oxygen atoms in total. The number of hydrogen-bond donors (Lipinski definition) is 2. The number of carbonyl (C=O) groups is 1. The minimum Gasteiger partial charge on any atom is -0.481 e. The minimum absolute atomic E-state index is 0.0133. The Kier molecular flexibility index (Phi) is 3.65. The number of nitrogens with one attached hydrogen (secondary N) is 1. The van der Waals surface area contributed by atoms with Crippen molar-refractivity contribution in [1.82, 2.24) is 10.1 Å². The second kappa shape index (κ2) is 4.77. The third-order valence-corrected chi connectivity index (χ3v) is 1.81. The summed E-state index contributed by atoms with van der Waals surface area (Å²) >= 11 is 0. The van der Waals surface area contributed by atoms with Gasteiger partial charge in [0.2, 0.25) is 0 Å². The fourth-order valence-corrected chi connectivity index (χ4v) is 1.05. The molecule has 0 fully saturated rings. The molecule has 1 unspecified atom stereocenters. The Morgan fingerprint density at radius 3 is 2.67 bits per heavy atom. The van der Waals surface area contributed by atoms with Crippen LogP contribution in [0.1, 0.15) is 38.9 Å². The van der Waals surface area contributed by atoms with E-state index in [1.807, 2.05) is 13.8 Å². The molecule has 1 aromatic heterocycles. The highest BCUT2D eigenvalue weighted by atomic mass is 16.5. The predicted molar refractivity (Wildman–Crippen MR) is 53.7 cm³/mol. The molecule has 1 aromatic rings. The lowest BCUT2D eigenvalue weighted by atomic mass is 10.2. The monoisotopic (exact) mass is 213 g/mol. The maximum Gasteiger partial charge on any atom is 0.321 e. The molecular formula is C9H15N3O3. The smallest absolute Gasteiger partial charge is 0.321 e. The van der Waals surface area contributed by atoms with Gasteiger partial charge in [0.15, 0.2) is 5.82 Å². The third-order valence-electron chi connectivity index (χ3n) is 1.81. The first-order valence-electron chi connectivity index (χ1n) is 4.81. The maximum atomic E-state index is 10.4. The molecule has 0 bridgehead atoms. The Morgan fingerprint density at radius 2 is 2.20 bits per heavy atom. The molecule has 0 saturated heterocycles. The Labute approximate surface area is 87.7 Å². The molecule has 6 heteroatoms. The molecule has 0 radical (unpaired) electrons. The van der Waals surface area contributed by atoms with Crippen LogP contribution in [0.4, 0.5) is 6.01 Å². The van der Waals surface area contributed by atoms with E-state index >= 15 is 0 Å². The van der Waals surface area contributed by atoms with E-state index in [0.29, 0.717) is 5.82 Å². The van der Waals surface area contributed by atoms with Crippen molar-refractivity contribution in [2.24, 2.45) is 0 Å². The second-order valence-corrected chi connectivity index (χ2v) is 3.76. The molecular weight excluding hydrogens is 198 g/mol. The molecule has 0 aromatic carbocycles. The van der Waals surface area contributed by atoms with Crippen LogP contribution in [-0.4, -0.2) is 27.3 Å². The van der Waals surface area contributed by atoms with Gasteiger partial charge in [-0.25, -0.2) is 0 Å². The molecule has 0 aliphatic rings. The van der Waals surface area contributed by atoms with Crippen LogP contribution in [0, 0.1) is 0 Å². The summed E-state index contributed by atoms with van der Waals surface area (Å²) in [5.41, 5.74) is 0. The highest BCUT2D eigenvalue weighted by Gasteiger charge is 2.13. The number of rotatable bonds is 5. The van der Waals surface area contributed by atoms with Gasteiger partial charge in [-0.15, -0.1) is 0 Å². The SMILES string of the molecule is CC(CC(=O)O)Nc1nc(C(C)C)no1. The van der Waals surface area contributed by atoms with Crippen molar-refractivity contribution < 1.29 is 14.4 Å². The molecule has 0 amide bonds. The predicted octanol–water partition coefficient (Wildman–Crippen LogP) is 1.47. The third kappa shape index (κ3) is 3.57. The van der Waals surface area contributed by atoms with Crippen molar-refractivity contribution >= 4 is 12.0 Å². The van der Waals surface area contributed by atoms with Gasteiger partial charge in [-0.2, -0.15) is 4.98 Å². The zero-order chi connectivity index (χ0) is 11.4. The van der Waals surface area contributed by atoms with Crippen LogP contribution in [0.2, 0.25) is 0 Å². The minimum atomic E-state index is -0.862. The summed E-state index contributed by atoms with van der Waals surface area (Å²) in [6.07, 6.45) is 0.0133. The normalized spacial score (nSPS) is 12.8. The van der Waals surface area contributed by atoms with E-state index in [0.717, 1.165) is 0 Å². The summed E-state index contributed by atoms with van der Waals surface area (Å²) in [6, 6.07) is 0.0374. The Balaban J connectivity index is 2.53. The Bertz CT molecular complexity index is 335. The summed E-state index contributed by atoms with van der Waals surface area (Å²) in [7, 11) is 0. The molecule has 1 heterocycles. The van der Waals surface area contributed by atoms with Crippen LogP contribution in [0.3, 0.4) is 0 Å². The number of aromatic nitrogens is 2. The molecule has 0 aliphatic carbocycles. The van der Waals surface area contributed by atoms with E-state index in [-0.39, 0.29) is 24.4 Å². The lowest BCUT2D eigenvalue weighted by Gasteiger charge is -2.07. The number of hydrogen-bond acceptors (Lipinski definition) is 5. The fraction of sp³-hybridized carbons (Fsp3) is 0.667. The van der Waals surface area contributed by atoms with Crippen molar-refractivity contribution in [1.29, 1.82) is 0 Å². The number of carboxylic acid groups (broad SMARTS) is 1. The molecule has 0 aliphatic heterocycles. The summed E-state index contributed by atoms with van der Waals surface area (Å²) in [6.45, 7) is 5.65. The fourth-order valence-electron chi connectivity index (χ4n) is 1.05. The van der Waals surface area contributed by atoms with Crippen LogP contribution in [-0.2, 0) is 4.79 Å². The van der Waals surface area contributed by atoms with Gasteiger partial charge in [0, 0.05) is 12.0 Å². The first-order valence-corrected chi connectivity index (χ1v) is 4.81. The van der Waals surface area contributed by atoms with Gasteiger partial charge in [0.1, 0.15) is 0 Å². The first-order chi connectivity index (χ1) is 6.99. The molecule has 1 rings (SSSR count). The van der Waals surface area contributed by atoms with Crippen LogP contribution in [0.25, 0.3) is 0 Å². The maximum absolute atomic E-state index is 10.4. The zero-order valence-corrected chi connectivity index (χ0v) is 9.02. The molecule has 2 N–H and O–H groups in total. The highest BCUT2D eigenvalue weighted by Crippen LogP contribution is 2.13. The van der Waals surface area contributed by atoms with E-state index < -0.39 is 5.97 Å². The lowest BCUT2D eigenvalue weighted by Crippen LogP contribution is -2.19. The average Bonchev–Trinajstić information content (AvgIpc) is 2.50. The zero-order valence-electron chi connectivity index (χ0n) is 9.02. The van der Waals surface area contributed by atoms with E-state index in [2.05, 4.69) is 15.5 Å². The molecule has 0 spiro atoms. The van der Waals surface area contributed by atoms with Gasteiger partial charge in [0.05, 0.1) is 6.42 Å². The van der Waals surface area contributed by atoms with Crippen LogP contribution >= 0.6 is 0 Å².